The van der Waals surface area contributed by atoms with E-state index < -0.39 is 0 Å². The van der Waals surface area contributed by atoms with Gasteiger partial charge in [-0.2, -0.15) is 0 Å². The van der Waals surface area contributed by atoms with Crippen LogP contribution in [0.2, 0.25) is 5.02 Å². The van der Waals surface area contributed by atoms with E-state index in [1.54, 1.807) is 0 Å². The lowest BCUT2D eigenvalue weighted by molar-refractivity contribution is 0.306. The van der Waals surface area contributed by atoms with Gasteiger partial charge in [-0.15, -0.1) is 0 Å². The van der Waals surface area contributed by atoms with Crippen LogP contribution < -0.4 is 4.74 Å². The van der Waals surface area contributed by atoms with E-state index >= 15 is 0 Å². The number of hydrogen-bond acceptors (Lipinski definition) is 2. The van der Waals surface area contributed by atoms with Gasteiger partial charge in [0.1, 0.15) is 12.4 Å². The molecule has 0 bridgehead atoms. The number of aryl methyl sites for hydroxylation is 1. The van der Waals surface area contributed by atoms with E-state index in [-0.39, 0.29) is 0 Å². The first-order valence-corrected chi connectivity index (χ1v) is 9.05. The number of rotatable bonds is 5. The molecule has 4 heteroatoms. The number of benzene rings is 3. The van der Waals surface area contributed by atoms with Gasteiger partial charge in [-0.1, -0.05) is 57.9 Å². The molecule has 126 valence electrons. The van der Waals surface area contributed by atoms with Gasteiger partial charge < -0.3 is 4.74 Å². The van der Waals surface area contributed by atoms with E-state index in [1.807, 2.05) is 79.9 Å². The Morgan fingerprint density at radius 3 is 2.60 bits per heavy atom. The maximum Gasteiger partial charge on any atom is 0.120 e. The molecule has 3 aromatic carbocycles. The van der Waals surface area contributed by atoms with E-state index in [4.69, 9.17) is 16.3 Å². The number of ether oxygens (including phenoxy) is 1. The molecule has 0 heterocycles. The quantitative estimate of drug-likeness (QED) is 0.424. The molecule has 3 rings (SSSR count). The molecule has 0 saturated carbocycles. The van der Waals surface area contributed by atoms with Crippen LogP contribution in [-0.2, 0) is 6.61 Å². The molecular weight excluding hydrogens is 398 g/mol. The summed E-state index contributed by atoms with van der Waals surface area (Å²) in [5.74, 6) is 0.814. The lowest BCUT2D eigenvalue weighted by Gasteiger charge is -2.07. The molecule has 0 saturated heterocycles. The highest BCUT2D eigenvalue weighted by Crippen LogP contribution is 2.22. The molecule has 0 aliphatic rings. The first-order valence-electron chi connectivity index (χ1n) is 7.88. The Labute approximate surface area is 161 Å². The zero-order chi connectivity index (χ0) is 17.6. The van der Waals surface area contributed by atoms with E-state index in [0.29, 0.717) is 6.61 Å². The van der Waals surface area contributed by atoms with Crippen molar-refractivity contribution in [2.45, 2.75) is 13.5 Å². The normalized spacial score (nSPS) is 11.0. The summed E-state index contributed by atoms with van der Waals surface area (Å²) in [5.41, 5.74) is 3.97. The van der Waals surface area contributed by atoms with Crippen molar-refractivity contribution in [3.8, 4) is 5.75 Å². The number of nitrogens with zero attached hydrogens (tertiary/aromatic N) is 1. The lowest BCUT2D eigenvalue weighted by Crippen LogP contribution is -1.95. The van der Waals surface area contributed by atoms with Crippen LogP contribution >= 0.6 is 27.5 Å². The van der Waals surface area contributed by atoms with Crippen molar-refractivity contribution in [3.05, 3.63) is 92.9 Å². The lowest BCUT2D eigenvalue weighted by atomic mass is 10.2. The highest BCUT2D eigenvalue weighted by molar-refractivity contribution is 9.10. The molecule has 0 aliphatic carbocycles. The molecule has 0 spiro atoms. The third-order valence-electron chi connectivity index (χ3n) is 3.69. The summed E-state index contributed by atoms with van der Waals surface area (Å²) in [4.78, 5) is 4.48. The van der Waals surface area contributed by atoms with Gasteiger partial charge in [-0.25, -0.2) is 0 Å². The van der Waals surface area contributed by atoms with Crippen LogP contribution in [0.15, 0.2) is 76.2 Å². The van der Waals surface area contributed by atoms with Gasteiger partial charge in [0.2, 0.25) is 0 Å². The maximum absolute atomic E-state index is 6.13. The number of aliphatic imine (C=N–C) groups is 1. The van der Waals surface area contributed by atoms with Crippen molar-refractivity contribution < 1.29 is 4.74 Å². The zero-order valence-electron chi connectivity index (χ0n) is 13.7. The number of hydrogen-bond donors (Lipinski definition) is 0. The summed E-state index contributed by atoms with van der Waals surface area (Å²) in [7, 11) is 0. The van der Waals surface area contributed by atoms with Crippen LogP contribution in [0.5, 0.6) is 5.75 Å². The second kappa shape index (κ2) is 8.32. The van der Waals surface area contributed by atoms with E-state index in [2.05, 4.69) is 20.9 Å². The van der Waals surface area contributed by atoms with Crippen LogP contribution in [-0.4, -0.2) is 6.21 Å². The van der Waals surface area contributed by atoms with Crippen molar-refractivity contribution in [1.29, 1.82) is 0 Å². The van der Waals surface area contributed by atoms with Crippen LogP contribution in [0.25, 0.3) is 0 Å². The minimum absolute atomic E-state index is 0.529. The Balaban J connectivity index is 1.67. The van der Waals surface area contributed by atoms with Gasteiger partial charge in [-0.3, -0.25) is 4.99 Å². The predicted molar refractivity (Wildman–Crippen MR) is 108 cm³/mol. The Morgan fingerprint density at radius 2 is 1.84 bits per heavy atom. The molecule has 0 aliphatic heterocycles. The molecule has 0 radical (unpaired) electrons. The van der Waals surface area contributed by atoms with Gasteiger partial charge in [-0.05, 0) is 60.0 Å². The average molecular weight is 415 g/mol. The summed E-state index contributed by atoms with van der Waals surface area (Å²) in [6.45, 7) is 2.50. The van der Waals surface area contributed by atoms with Crippen molar-refractivity contribution in [1.82, 2.24) is 0 Å². The van der Waals surface area contributed by atoms with E-state index in [0.717, 1.165) is 37.6 Å². The molecule has 0 atom stereocenters. The predicted octanol–water partition coefficient (Wildman–Crippen LogP) is 6.74. The van der Waals surface area contributed by atoms with Gasteiger partial charge in [0.05, 0.1) is 5.69 Å². The third kappa shape index (κ3) is 5.18. The Kier molecular flexibility index (Phi) is 5.90. The van der Waals surface area contributed by atoms with Crippen LogP contribution in [0.1, 0.15) is 16.7 Å². The fourth-order valence-electron chi connectivity index (χ4n) is 2.24. The summed E-state index contributed by atoms with van der Waals surface area (Å²) in [5, 5.41) is 0.723. The largest absolute Gasteiger partial charge is 0.489 e. The average Bonchev–Trinajstić information content (AvgIpc) is 2.63. The van der Waals surface area contributed by atoms with Crippen LogP contribution in [0.4, 0.5) is 5.69 Å². The van der Waals surface area contributed by atoms with Crippen molar-refractivity contribution in [3.63, 3.8) is 0 Å². The zero-order valence-corrected chi connectivity index (χ0v) is 16.1. The minimum Gasteiger partial charge on any atom is -0.489 e. The van der Waals surface area contributed by atoms with Gasteiger partial charge in [0, 0.05) is 15.7 Å². The molecule has 25 heavy (non-hydrogen) atoms. The third-order valence-corrected chi connectivity index (χ3v) is 4.63. The van der Waals surface area contributed by atoms with E-state index in [9.17, 15) is 0 Å². The smallest absolute Gasteiger partial charge is 0.120 e. The number of halogens is 2. The van der Waals surface area contributed by atoms with Gasteiger partial charge >= 0.3 is 0 Å². The fraction of sp³-hybridized carbons (Fsp3) is 0.0952. The van der Waals surface area contributed by atoms with Crippen molar-refractivity contribution in [2.75, 3.05) is 0 Å². The molecule has 3 aromatic rings. The minimum atomic E-state index is 0.529. The molecule has 0 N–H and O–H groups in total. The summed E-state index contributed by atoms with van der Waals surface area (Å²) < 4.78 is 6.92. The highest BCUT2D eigenvalue weighted by Gasteiger charge is 1.99. The first kappa shape index (κ1) is 17.7. The van der Waals surface area contributed by atoms with Crippen LogP contribution in [0.3, 0.4) is 0 Å². The molecular formula is C21H17BrClNO. The molecule has 0 amide bonds. The molecule has 0 fully saturated rings. The first-order chi connectivity index (χ1) is 12.1. The maximum atomic E-state index is 6.13. The Morgan fingerprint density at radius 1 is 1.04 bits per heavy atom. The topological polar surface area (TPSA) is 21.6 Å². The Hall–Kier alpha value is -2.10. The van der Waals surface area contributed by atoms with Gasteiger partial charge in [0.25, 0.3) is 0 Å². The monoisotopic (exact) mass is 413 g/mol. The van der Waals surface area contributed by atoms with Crippen LogP contribution in [0, 0.1) is 6.92 Å². The second-order valence-electron chi connectivity index (χ2n) is 5.68. The summed E-state index contributed by atoms with van der Waals surface area (Å²) >= 11 is 9.57. The van der Waals surface area contributed by atoms with Crippen molar-refractivity contribution in [2.24, 2.45) is 4.99 Å². The van der Waals surface area contributed by atoms with Gasteiger partial charge in [0.15, 0.2) is 0 Å². The van der Waals surface area contributed by atoms with Crippen molar-refractivity contribution >= 4 is 39.4 Å². The molecule has 0 unspecified atom stereocenters. The Bertz CT molecular complexity index is 891. The van der Waals surface area contributed by atoms with E-state index in [1.165, 1.54) is 0 Å². The highest BCUT2D eigenvalue weighted by atomic mass is 79.9. The SMILES string of the molecule is Cc1ccc(N=Cc2cccc(OCc3ccc(Br)cc3)c2)cc1Cl. The summed E-state index contributed by atoms with van der Waals surface area (Å²) in [6.07, 6.45) is 1.81. The summed E-state index contributed by atoms with van der Waals surface area (Å²) in [6, 6.07) is 21.7. The second-order valence-corrected chi connectivity index (χ2v) is 7.00. The molecule has 2 nitrogen and oxygen atoms in total. The fourth-order valence-corrected chi connectivity index (χ4v) is 2.68. The molecule has 0 aromatic heterocycles. The standard InChI is InChI=1S/C21H17BrClNO/c1-15-5-10-19(12-21(15)23)24-13-17-3-2-4-20(11-17)25-14-16-6-8-18(22)9-7-16/h2-13H,14H2,1H3.